The Kier molecular flexibility index (Phi) is 5.66. The van der Waals surface area contributed by atoms with Crippen LogP contribution in [-0.4, -0.2) is 30.2 Å². The van der Waals surface area contributed by atoms with E-state index in [2.05, 4.69) is 19.2 Å². The van der Waals surface area contributed by atoms with Gasteiger partial charge in [0.15, 0.2) is 0 Å². The van der Waals surface area contributed by atoms with Crippen LogP contribution in [0.5, 0.6) is 0 Å². The minimum Gasteiger partial charge on any atom is -0.480 e. The predicted octanol–water partition coefficient (Wildman–Crippen LogP) is 0.423. The van der Waals surface area contributed by atoms with Gasteiger partial charge in [0.05, 0.1) is 0 Å². The van der Waals surface area contributed by atoms with Gasteiger partial charge in [0.1, 0.15) is 6.04 Å². The van der Waals surface area contributed by atoms with Gasteiger partial charge in [-0.1, -0.05) is 13.8 Å². The van der Waals surface area contributed by atoms with Gasteiger partial charge >= 0.3 is 5.97 Å². The highest BCUT2D eigenvalue weighted by molar-refractivity contribution is 5.73. The van der Waals surface area contributed by atoms with Crippen LogP contribution < -0.4 is 11.1 Å². The molecule has 0 saturated carbocycles. The van der Waals surface area contributed by atoms with E-state index in [1.165, 1.54) is 0 Å². The van der Waals surface area contributed by atoms with Gasteiger partial charge in [-0.2, -0.15) is 0 Å². The van der Waals surface area contributed by atoms with E-state index in [0.717, 1.165) is 6.42 Å². The van der Waals surface area contributed by atoms with Gasteiger partial charge in [-0.05, 0) is 25.8 Å². The number of rotatable bonds is 6. The Hall–Kier alpha value is -0.610. The van der Waals surface area contributed by atoms with Crippen molar-refractivity contribution in [3.63, 3.8) is 0 Å². The molecule has 0 aliphatic carbocycles. The molecule has 4 nitrogen and oxygen atoms in total. The molecule has 0 spiro atoms. The van der Waals surface area contributed by atoms with Crippen molar-refractivity contribution in [3.8, 4) is 0 Å². The van der Waals surface area contributed by atoms with Gasteiger partial charge in [-0.3, -0.25) is 4.79 Å². The van der Waals surface area contributed by atoms with E-state index < -0.39 is 12.0 Å². The summed E-state index contributed by atoms with van der Waals surface area (Å²) in [5.74, 6) is -0.373. The molecule has 4 heteroatoms. The molecule has 4 N–H and O–H groups in total. The van der Waals surface area contributed by atoms with Crippen molar-refractivity contribution >= 4 is 5.97 Å². The molecule has 0 aromatic heterocycles. The lowest BCUT2D eigenvalue weighted by Gasteiger charge is -2.19. The van der Waals surface area contributed by atoms with E-state index >= 15 is 0 Å². The minimum atomic E-state index is -0.927. The van der Waals surface area contributed by atoms with E-state index in [1.807, 2.05) is 7.05 Å². The fourth-order valence-electron chi connectivity index (χ4n) is 1.31. The Morgan fingerprint density at radius 1 is 1.46 bits per heavy atom. The first-order valence-electron chi connectivity index (χ1n) is 4.63. The van der Waals surface area contributed by atoms with Gasteiger partial charge in [-0.15, -0.1) is 0 Å². The van der Waals surface area contributed by atoms with Crippen molar-refractivity contribution < 1.29 is 9.90 Å². The van der Waals surface area contributed by atoms with Crippen molar-refractivity contribution in [3.05, 3.63) is 0 Å². The molecule has 0 aromatic carbocycles. The lowest BCUT2D eigenvalue weighted by Crippen LogP contribution is -2.39. The molecular formula is C9H20N2O2. The van der Waals surface area contributed by atoms with Crippen LogP contribution in [0.2, 0.25) is 0 Å². The monoisotopic (exact) mass is 188 g/mol. The molecule has 2 unspecified atom stereocenters. The molecule has 2 atom stereocenters. The number of hydrogen-bond acceptors (Lipinski definition) is 3. The van der Waals surface area contributed by atoms with Gasteiger partial charge in [0.2, 0.25) is 0 Å². The zero-order valence-corrected chi connectivity index (χ0v) is 8.58. The second-order valence-electron chi connectivity index (χ2n) is 3.80. The Morgan fingerprint density at radius 3 is 2.31 bits per heavy atom. The van der Waals surface area contributed by atoms with Crippen molar-refractivity contribution in [1.82, 2.24) is 5.32 Å². The normalized spacial score (nSPS) is 15.8. The number of carbonyl (C=O) groups is 1. The van der Waals surface area contributed by atoms with E-state index in [0.29, 0.717) is 12.3 Å². The third-order valence-corrected chi connectivity index (χ3v) is 2.02. The molecule has 0 aromatic rings. The van der Waals surface area contributed by atoms with Crippen LogP contribution in [0.4, 0.5) is 0 Å². The number of nitrogens with two attached hydrogens (primary N) is 1. The molecule has 0 fully saturated rings. The summed E-state index contributed by atoms with van der Waals surface area (Å²) in [6.07, 6.45) is 1.45. The maximum Gasteiger partial charge on any atom is 0.320 e. The maximum absolute atomic E-state index is 10.5. The third kappa shape index (κ3) is 5.60. The Morgan fingerprint density at radius 2 is 2.00 bits per heavy atom. The molecule has 13 heavy (non-hydrogen) atoms. The maximum atomic E-state index is 10.5. The first-order valence-corrected chi connectivity index (χ1v) is 4.63. The standard InChI is InChI=1S/C9H20N2O2/c1-6(2)4-7(11-3)5-8(10)9(12)13/h6-8,11H,4-5,10H2,1-3H3,(H,12,13). The van der Waals surface area contributed by atoms with Crippen LogP contribution in [0, 0.1) is 5.92 Å². The van der Waals surface area contributed by atoms with Gasteiger partial charge < -0.3 is 16.2 Å². The second-order valence-corrected chi connectivity index (χ2v) is 3.80. The van der Waals surface area contributed by atoms with Gasteiger partial charge in [0, 0.05) is 6.04 Å². The van der Waals surface area contributed by atoms with Gasteiger partial charge in [0.25, 0.3) is 0 Å². The average Bonchev–Trinajstić information content (AvgIpc) is 2.02. The summed E-state index contributed by atoms with van der Waals surface area (Å²) < 4.78 is 0. The van der Waals surface area contributed by atoms with Crippen LogP contribution >= 0.6 is 0 Å². The van der Waals surface area contributed by atoms with E-state index in [9.17, 15) is 4.79 Å². The molecule has 0 amide bonds. The summed E-state index contributed by atoms with van der Waals surface area (Å²) in [5, 5.41) is 11.7. The largest absolute Gasteiger partial charge is 0.480 e. The fraction of sp³-hybridized carbons (Fsp3) is 0.889. The van der Waals surface area contributed by atoms with Crippen LogP contribution in [0.15, 0.2) is 0 Å². The number of nitrogens with one attached hydrogen (secondary N) is 1. The number of carboxylic acids is 1. The quantitative estimate of drug-likeness (QED) is 0.565. The smallest absolute Gasteiger partial charge is 0.320 e. The summed E-state index contributed by atoms with van der Waals surface area (Å²) in [4.78, 5) is 10.5. The molecule has 0 heterocycles. The zero-order valence-electron chi connectivity index (χ0n) is 8.58. The van der Waals surface area contributed by atoms with Crippen molar-refractivity contribution in [1.29, 1.82) is 0 Å². The highest BCUT2D eigenvalue weighted by atomic mass is 16.4. The van der Waals surface area contributed by atoms with Crippen molar-refractivity contribution in [2.24, 2.45) is 11.7 Å². The van der Waals surface area contributed by atoms with Crippen LogP contribution in [0.3, 0.4) is 0 Å². The molecule has 0 bridgehead atoms. The number of hydrogen-bond donors (Lipinski definition) is 3. The Balaban J connectivity index is 3.90. The predicted molar refractivity (Wildman–Crippen MR) is 52.5 cm³/mol. The highest BCUT2D eigenvalue weighted by Crippen LogP contribution is 2.08. The summed E-state index contributed by atoms with van der Waals surface area (Å²) in [5.41, 5.74) is 5.43. The number of carboxylic acid groups (broad SMARTS) is 1. The fourth-order valence-corrected chi connectivity index (χ4v) is 1.31. The molecule has 0 aliphatic rings. The van der Waals surface area contributed by atoms with E-state index in [4.69, 9.17) is 10.8 Å². The first kappa shape index (κ1) is 12.4. The van der Waals surface area contributed by atoms with E-state index in [1.54, 1.807) is 0 Å². The molecule has 78 valence electrons. The molecule has 0 aliphatic heterocycles. The van der Waals surface area contributed by atoms with Crippen molar-refractivity contribution in [2.45, 2.75) is 38.8 Å². The third-order valence-electron chi connectivity index (χ3n) is 2.02. The van der Waals surface area contributed by atoms with Crippen molar-refractivity contribution in [2.75, 3.05) is 7.05 Å². The lowest BCUT2D eigenvalue weighted by molar-refractivity contribution is -0.138. The average molecular weight is 188 g/mol. The molecule has 0 saturated heterocycles. The summed E-state index contributed by atoms with van der Waals surface area (Å²) >= 11 is 0. The van der Waals surface area contributed by atoms with Crippen LogP contribution in [0.25, 0.3) is 0 Å². The summed E-state index contributed by atoms with van der Waals surface area (Å²) in [7, 11) is 1.83. The summed E-state index contributed by atoms with van der Waals surface area (Å²) in [6.45, 7) is 4.22. The van der Waals surface area contributed by atoms with E-state index in [-0.39, 0.29) is 6.04 Å². The zero-order chi connectivity index (χ0) is 10.4. The minimum absolute atomic E-state index is 0.200. The molecule has 0 rings (SSSR count). The van der Waals surface area contributed by atoms with Crippen LogP contribution in [-0.2, 0) is 4.79 Å². The van der Waals surface area contributed by atoms with Gasteiger partial charge in [-0.25, -0.2) is 0 Å². The first-order chi connectivity index (χ1) is 5.97. The SMILES string of the molecule is CNC(CC(C)C)CC(N)C(=O)O. The number of aliphatic carboxylic acids is 1. The topological polar surface area (TPSA) is 75.3 Å². The van der Waals surface area contributed by atoms with Crippen LogP contribution in [0.1, 0.15) is 26.7 Å². The highest BCUT2D eigenvalue weighted by Gasteiger charge is 2.17. The lowest BCUT2D eigenvalue weighted by atomic mass is 9.98. The molecular weight excluding hydrogens is 168 g/mol. The second kappa shape index (κ2) is 5.94. The molecule has 0 radical (unpaired) electrons. The summed E-state index contributed by atoms with van der Waals surface area (Å²) in [6, 6.07) is -0.553. The Bertz CT molecular complexity index is 160. The Labute approximate surface area is 79.5 Å².